The van der Waals surface area contributed by atoms with Crippen LogP contribution < -0.4 is 5.32 Å². The second kappa shape index (κ2) is 5.84. The van der Waals surface area contributed by atoms with Crippen molar-refractivity contribution < 1.29 is 19.4 Å². The molecule has 1 amide bonds. The van der Waals surface area contributed by atoms with Crippen molar-refractivity contribution in [1.82, 2.24) is 5.32 Å². The van der Waals surface area contributed by atoms with Gasteiger partial charge < -0.3 is 15.2 Å². The van der Waals surface area contributed by atoms with Gasteiger partial charge in [-0.25, -0.2) is 4.79 Å². The summed E-state index contributed by atoms with van der Waals surface area (Å²) in [5.41, 5.74) is 1.02. The Morgan fingerprint density at radius 3 is 2.58 bits per heavy atom. The summed E-state index contributed by atoms with van der Waals surface area (Å²) in [5.74, 6) is -1.03. The van der Waals surface area contributed by atoms with Crippen LogP contribution in [-0.2, 0) is 16.0 Å². The second-order valence-corrected chi connectivity index (χ2v) is 4.72. The highest BCUT2D eigenvalue weighted by molar-refractivity contribution is 5.87. The van der Waals surface area contributed by atoms with E-state index in [4.69, 9.17) is 9.84 Å². The number of rotatable bonds is 4. The third-order valence-electron chi connectivity index (χ3n) is 3.29. The molecule has 2 unspecified atom stereocenters. The minimum Gasteiger partial charge on any atom is -0.478 e. The molecule has 2 N–H and O–H groups in total. The fourth-order valence-electron chi connectivity index (χ4n) is 2.13. The number of nitrogens with one attached hydrogen (secondary N) is 1. The molecular formula is C14H17NO4. The van der Waals surface area contributed by atoms with E-state index in [-0.39, 0.29) is 30.0 Å². The van der Waals surface area contributed by atoms with E-state index in [9.17, 15) is 9.59 Å². The maximum absolute atomic E-state index is 11.8. The van der Waals surface area contributed by atoms with Crippen LogP contribution in [0.4, 0.5) is 0 Å². The van der Waals surface area contributed by atoms with Crippen molar-refractivity contribution in [3.8, 4) is 0 Å². The van der Waals surface area contributed by atoms with E-state index < -0.39 is 5.97 Å². The van der Waals surface area contributed by atoms with Gasteiger partial charge in [-0.15, -0.1) is 0 Å². The van der Waals surface area contributed by atoms with Gasteiger partial charge in [0.15, 0.2) is 0 Å². The van der Waals surface area contributed by atoms with Crippen LogP contribution >= 0.6 is 0 Å². The molecule has 102 valence electrons. The maximum Gasteiger partial charge on any atom is 0.335 e. The van der Waals surface area contributed by atoms with Crippen molar-refractivity contribution >= 4 is 11.9 Å². The number of amides is 1. The minimum absolute atomic E-state index is 0.0540. The van der Waals surface area contributed by atoms with Gasteiger partial charge in [-0.2, -0.15) is 0 Å². The number of hydrogen-bond acceptors (Lipinski definition) is 3. The Morgan fingerprint density at radius 1 is 1.37 bits per heavy atom. The second-order valence-electron chi connectivity index (χ2n) is 4.72. The number of ether oxygens (including phenoxy) is 1. The van der Waals surface area contributed by atoms with E-state index in [2.05, 4.69) is 5.32 Å². The topological polar surface area (TPSA) is 75.6 Å². The van der Waals surface area contributed by atoms with Crippen LogP contribution in [0.2, 0.25) is 0 Å². The van der Waals surface area contributed by atoms with Crippen LogP contribution in [0.3, 0.4) is 0 Å². The van der Waals surface area contributed by atoms with Crippen LogP contribution in [0.5, 0.6) is 0 Å². The molecule has 0 saturated carbocycles. The summed E-state index contributed by atoms with van der Waals surface area (Å²) in [6, 6.07) is 6.42. The van der Waals surface area contributed by atoms with Crippen LogP contribution in [0.1, 0.15) is 29.3 Å². The number of carboxylic acids is 1. The van der Waals surface area contributed by atoms with Crippen molar-refractivity contribution in [3.05, 3.63) is 35.4 Å². The minimum atomic E-state index is -0.965. The highest BCUT2D eigenvalue weighted by atomic mass is 16.5. The zero-order chi connectivity index (χ0) is 13.8. The van der Waals surface area contributed by atoms with E-state index in [1.54, 1.807) is 12.1 Å². The maximum atomic E-state index is 11.8. The summed E-state index contributed by atoms with van der Waals surface area (Å²) in [6.45, 7) is 2.62. The number of carbonyl (C=O) groups is 2. The molecule has 2 atom stereocenters. The van der Waals surface area contributed by atoms with Gasteiger partial charge in [-0.05, 0) is 31.0 Å². The first-order valence-corrected chi connectivity index (χ1v) is 6.29. The fraction of sp³-hybridized carbons (Fsp3) is 0.429. The number of benzene rings is 1. The molecule has 19 heavy (non-hydrogen) atoms. The van der Waals surface area contributed by atoms with Crippen molar-refractivity contribution in [1.29, 1.82) is 0 Å². The Bertz CT molecular complexity index is 469. The Morgan fingerprint density at radius 2 is 2.05 bits per heavy atom. The smallest absolute Gasteiger partial charge is 0.335 e. The monoisotopic (exact) mass is 263 g/mol. The molecular weight excluding hydrogens is 246 g/mol. The van der Waals surface area contributed by atoms with Gasteiger partial charge >= 0.3 is 5.97 Å². The number of hydrogen-bond donors (Lipinski definition) is 2. The molecule has 1 fully saturated rings. The van der Waals surface area contributed by atoms with Crippen molar-refractivity contribution in [2.24, 2.45) is 0 Å². The van der Waals surface area contributed by atoms with Gasteiger partial charge in [0.1, 0.15) is 0 Å². The van der Waals surface area contributed by atoms with Crippen molar-refractivity contribution in [2.45, 2.75) is 31.9 Å². The summed E-state index contributed by atoms with van der Waals surface area (Å²) in [5, 5.41) is 11.7. The summed E-state index contributed by atoms with van der Waals surface area (Å²) >= 11 is 0. The molecule has 5 nitrogen and oxygen atoms in total. The molecule has 2 rings (SSSR count). The molecule has 0 bridgehead atoms. The Labute approximate surface area is 111 Å². The summed E-state index contributed by atoms with van der Waals surface area (Å²) < 4.78 is 5.38. The molecule has 0 aromatic heterocycles. The van der Waals surface area contributed by atoms with Gasteiger partial charge in [0.05, 0.1) is 24.1 Å². The SMILES string of the molecule is CC1OCCC1NC(=O)Cc1ccc(C(=O)O)cc1. The van der Waals surface area contributed by atoms with Crippen molar-refractivity contribution in [2.75, 3.05) is 6.61 Å². The van der Waals surface area contributed by atoms with Crippen LogP contribution in [0.15, 0.2) is 24.3 Å². The van der Waals surface area contributed by atoms with Crippen molar-refractivity contribution in [3.63, 3.8) is 0 Å². The first-order valence-electron chi connectivity index (χ1n) is 6.29. The highest BCUT2D eigenvalue weighted by Gasteiger charge is 2.25. The summed E-state index contributed by atoms with van der Waals surface area (Å²) in [7, 11) is 0. The van der Waals surface area contributed by atoms with Crippen LogP contribution in [-0.4, -0.2) is 35.7 Å². The van der Waals surface area contributed by atoms with Crippen LogP contribution in [0, 0.1) is 0 Å². The quantitative estimate of drug-likeness (QED) is 0.856. The van der Waals surface area contributed by atoms with E-state index >= 15 is 0 Å². The number of aromatic carboxylic acids is 1. The predicted molar refractivity (Wildman–Crippen MR) is 69.1 cm³/mol. The Kier molecular flexibility index (Phi) is 4.16. The highest BCUT2D eigenvalue weighted by Crippen LogP contribution is 2.13. The number of carbonyl (C=O) groups excluding carboxylic acids is 1. The largest absolute Gasteiger partial charge is 0.478 e. The molecule has 1 saturated heterocycles. The molecule has 0 radical (unpaired) electrons. The van der Waals surface area contributed by atoms with Gasteiger partial charge in [0.25, 0.3) is 0 Å². The normalized spacial score (nSPS) is 22.2. The molecule has 1 heterocycles. The summed E-state index contributed by atoms with van der Waals surface area (Å²) in [6.07, 6.45) is 1.15. The molecule has 5 heteroatoms. The lowest BCUT2D eigenvalue weighted by Gasteiger charge is -2.15. The molecule has 1 aromatic carbocycles. The molecule has 1 aliphatic rings. The zero-order valence-electron chi connectivity index (χ0n) is 10.8. The van der Waals surface area contributed by atoms with E-state index in [1.807, 2.05) is 6.92 Å². The predicted octanol–water partition coefficient (Wildman–Crippen LogP) is 1.22. The van der Waals surface area contributed by atoms with E-state index in [1.165, 1.54) is 12.1 Å². The lowest BCUT2D eigenvalue weighted by molar-refractivity contribution is -0.121. The third-order valence-corrected chi connectivity index (χ3v) is 3.29. The summed E-state index contributed by atoms with van der Waals surface area (Å²) in [4.78, 5) is 22.6. The Hall–Kier alpha value is -1.88. The molecule has 0 aliphatic carbocycles. The van der Waals surface area contributed by atoms with Gasteiger partial charge in [-0.3, -0.25) is 4.79 Å². The number of carboxylic acid groups (broad SMARTS) is 1. The zero-order valence-corrected chi connectivity index (χ0v) is 10.8. The standard InChI is InChI=1S/C14H17NO4/c1-9-12(6-7-19-9)15-13(16)8-10-2-4-11(5-3-10)14(17)18/h2-5,9,12H,6-8H2,1H3,(H,15,16)(H,17,18). The average molecular weight is 263 g/mol. The lowest BCUT2D eigenvalue weighted by Crippen LogP contribution is -2.39. The van der Waals surface area contributed by atoms with Gasteiger partial charge in [0, 0.05) is 6.61 Å². The van der Waals surface area contributed by atoms with Crippen LogP contribution in [0.25, 0.3) is 0 Å². The van der Waals surface area contributed by atoms with E-state index in [0.29, 0.717) is 6.61 Å². The average Bonchev–Trinajstić information content (AvgIpc) is 2.75. The Balaban J connectivity index is 1.89. The fourth-order valence-corrected chi connectivity index (χ4v) is 2.13. The molecule has 0 spiro atoms. The molecule has 1 aliphatic heterocycles. The van der Waals surface area contributed by atoms with Gasteiger partial charge in [0.2, 0.25) is 5.91 Å². The van der Waals surface area contributed by atoms with E-state index in [0.717, 1.165) is 12.0 Å². The third kappa shape index (κ3) is 3.54. The molecule has 1 aromatic rings. The van der Waals surface area contributed by atoms with Gasteiger partial charge in [-0.1, -0.05) is 12.1 Å². The first kappa shape index (κ1) is 13.5. The lowest BCUT2D eigenvalue weighted by atomic mass is 10.1. The first-order chi connectivity index (χ1) is 9.06.